The maximum Gasteiger partial charge on any atom is 0.258 e. The number of carbonyl (C=O) groups is 1. The van der Waals surface area contributed by atoms with E-state index in [0.29, 0.717) is 17.9 Å². The van der Waals surface area contributed by atoms with E-state index in [1.807, 2.05) is 30.3 Å². The van der Waals surface area contributed by atoms with Crippen LogP contribution in [0.3, 0.4) is 0 Å². The summed E-state index contributed by atoms with van der Waals surface area (Å²) in [6, 6.07) is 16.0. The van der Waals surface area contributed by atoms with Crippen LogP contribution in [0.5, 0.6) is 11.6 Å². The Morgan fingerprint density at radius 1 is 1.24 bits per heavy atom. The zero-order chi connectivity index (χ0) is 20.9. The molecule has 7 heteroatoms. The molecule has 0 saturated heterocycles. The van der Waals surface area contributed by atoms with Gasteiger partial charge in [0.1, 0.15) is 17.6 Å². The first-order chi connectivity index (χ1) is 13.9. The van der Waals surface area contributed by atoms with E-state index in [1.165, 1.54) is 12.5 Å². The minimum atomic E-state index is -0.918. The van der Waals surface area contributed by atoms with Gasteiger partial charge in [0.25, 0.3) is 5.91 Å². The first kappa shape index (κ1) is 20.0. The topological polar surface area (TPSA) is 108 Å². The highest BCUT2D eigenvalue weighted by Gasteiger charge is 2.17. The zero-order valence-electron chi connectivity index (χ0n) is 16.1. The second-order valence-electron chi connectivity index (χ2n) is 6.92. The lowest BCUT2D eigenvalue weighted by molar-refractivity contribution is 0.0785. The second kappa shape index (κ2) is 8.50. The molecule has 0 fully saturated rings. The van der Waals surface area contributed by atoms with Crippen LogP contribution < -0.4 is 10.1 Å². The molecule has 0 aliphatic rings. The standard InChI is InChI=1S/C22H20N4O3/c1-22(2,28)17-8-6-15(7-9-17)12-25-20(27)19-13-24-14-26-21(19)29-18-5-3-4-16(10-18)11-23/h3-10,13-14,28H,12H2,1-2H3,(H,25,27). The third-order valence-electron chi connectivity index (χ3n) is 4.21. The number of ether oxygens (including phenoxy) is 1. The van der Waals surface area contributed by atoms with Gasteiger partial charge in [-0.05, 0) is 43.2 Å². The monoisotopic (exact) mass is 388 g/mol. The first-order valence-corrected chi connectivity index (χ1v) is 8.95. The Morgan fingerprint density at radius 3 is 2.69 bits per heavy atom. The smallest absolute Gasteiger partial charge is 0.258 e. The summed E-state index contributed by atoms with van der Waals surface area (Å²) in [5.74, 6) is 0.118. The number of benzene rings is 2. The molecule has 2 aromatic carbocycles. The van der Waals surface area contributed by atoms with Crippen LogP contribution in [0.1, 0.15) is 40.9 Å². The van der Waals surface area contributed by atoms with Crippen LogP contribution in [0.25, 0.3) is 0 Å². The molecule has 7 nitrogen and oxygen atoms in total. The van der Waals surface area contributed by atoms with Gasteiger partial charge in [0.15, 0.2) is 0 Å². The van der Waals surface area contributed by atoms with E-state index in [1.54, 1.807) is 38.1 Å². The van der Waals surface area contributed by atoms with Crippen molar-refractivity contribution in [2.45, 2.75) is 26.0 Å². The van der Waals surface area contributed by atoms with Crippen molar-refractivity contribution in [2.24, 2.45) is 0 Å². The van der Waals surface area contributed by atoms with Gasteiger partial charge in [-0.15, -0.1) is 0 Å². The van der Waals surface area contributed by atoms with E-state index in [4.69, 9.17) is 10.00 Å². The number of aromatic nitrogens is 2. The van der Waals surface area contributed by atoms with Crippen molar-refractivity contribution in [3.8, 4) is 17.7 Å². The van der Waals surface area contributed by atoms with Crippen molar-refractivity contribution >= 4 is 5.91 Å². The van der Waals surface area contributed by atoms with Crippen LogP contribution in [0.2, 0.25) is 0 Å². The lowest BCUT2D eigenvalue weighted by Crippen LogP contribution is -2.24. The number of amides is 1. The van der Waals surface area contributed by atoms with Gasteiger partial charge in [0.2, 0.25) is 5.88 Å². The van der Waals surface area contributed by atoms with Crippen LogP contribution in [0, 0.1) is 11.3 Å². The summed E-state index contributed by atoms with van der Waals surface area (Å²) in [7, 11) is 0. The fourth-order valence-electron chi connectivity index (χ4n) is 2.60. The lowest BCUT2D eigenvalue weighted by atomic mass is 9.97. The molecule has 0 radical (unpaired) electrons. The molecule has 0 saturated carbocycles. The molecule has 0 aliphatic heterocycles. The molecule has 0 aliphatic carbocycles. The van der Waals surface area contributed by atoms with Crippen molar-refractivity contribution in [3.05, 3.63) is 83.3 Å². The molecule has 3 rings (SSSR count). The predicted octanol–water partition coefficient (Wildman–Crippen LogP) is 3.30. The Morgan fingerprint density at radius 2 is 2.00 bits per heavy atom. The summed E-state index contributed by atoms with van der Waals surface area (Å²) in [5, 5.41) is 21.8. The number of aliphatic hydroxyl groups is 1. The van der Waals surface area contributed by atoms with E-state index in [9.17, 15) is 9.90 Å². The summed E-state index contributed by atoms with van der Waals surface area (Å²) >= 11 is 0. The molecular weight excluding hydrogens is 368 g/mol. The van der Waals surface area contributed by atoms with Crippen molar-refractivity contribution < 1.29 is 14.6 Å². The Bertz CT molecular complexity index is 1050. The number of nitrogens with one attached hydrogen (secondary N) is 1. The van der Waals surface area contributed by atoms with Crippen LogP contribution in [0.4, 0.5) is 0 Å². The number of nitrogens with zero attached hydrogens (tertiary/aromatic N) is 3. The Kier molecular flexibility index (Phi) is 5.86. The molecule has 3 aromatic rings. The molecule has 1 heterocycles. The molecule has 146 valence electrons. The van der Waals surface area contributed by atoms with Gasteiger partial charge in [0.05, 0.1) is 17.2 Å². The third-order valence-corrected chi connectivity index (χ3v) is 4.21. The van der Waals surface area contributed by atoms with Crippen molar-refractivity contribution in [1.82, 2.24) is 15.3 Å². The summed E-state index contributed by atoms with van der Waals surface area (Å²) in [4.78, 5) is 20.6. The van der Waals surface area contributed by atoms with Crippen molar-refractivity contribution in [1.29, 1.82) is 5.26 Å². The summed E-state index contributed by atoms with van der Waals surface area (Å²) in [6.07, 6.45) is 2.67. The molecule has 1 aromatic heterocycles. The fourth-order valence-corrected chi connectivity index (χ4v) is 2.60. The van der Waals surface area contributed by atoms with E-state index in [0.717, 1.165) is 11.1 Å². The largest absolute Gasteiger partial charge is 0.438 e. The van der Waals surface area contributed by atoms with Gasteiger partial charge in [-0.25, -0.2) is 9.97 Å². The maximum absolute atomic E-state index is 12.6. The van der Waals surface area contributed by atoms with Crippen LogP contribution in [-0.2, 0) is 12.1 Å². The molecule has 0 spiro atoms. The van der Waals surface area contributed by atoms with Gasteiger partial charge >= 0.3 is 0 Å². The normalized spacial score (nSPS) is 10.8. The Hall–Kier alpha value is -3.76. The van der Waals surface area contributed by atoms with E-state index >= 15 is 0 Å². The summed E-state index contributed by atoms with van der Waals surface area (Å²) in [6.45, 7) is 3.73. The highest BCUT2D eigenvalue weighted by molar-refractivity contribution is 5.96. The van der Waals surface area contributed by atoms with Crippen LogP contribution in [-0.4, -0.2) is 21.0 Å². The highest BCUT2D eigenvalue weighted by atomic mass is 16.5. The number of rotatable bonds is 6. The summed E-state index contributed by atoms with van der Waals surface area (Å²) in [5.41, 5.74) is 1.38. The van der Waals surface area contributed by atoms with E-state index in [-0.39, 0.29) is 17.4 Å². The number of hydrogen-bond acceptors (Lipinski definition) is 6. The molecule has 0 atom stereocenters. The first-order valence-electron chi connectivity index (χ1n) is 8.95. The molecular formula is C22H20N4O3. The number of nitriles is 1. The van der Waals surface area contributed by atoms with Crippen molar-refractivity contribution in [2.75, 3.05) is 0 Å². The minimum absolute atomic E-state index is 0.102. The van der Waals surface area contributed by atoms with Gasteiger partial charge in [-0.3, -0.25) is 4.79 Å². The van der Waals surface area contributed by atoms with Crippen LogP contribution >= 0.6 is 0 Å². The Balaban J connectivity index is 1.70. The van der Waals surface area contributed by atoms with Gasteiger partial charge in [0, 0.05) is 12.7 Å². The average Bonchev–Trinajstić information content (AvgIpc) is 2.72. The second-order valence-corrected chi connectivity index (χ2v) is 6.92. The van der Waals surface area contributed by atoms with Gasteiger partial charge in [-0.1, -0.05) is 30.3 Å². The molecule has 29 heavy (non-hydrogen) atoms. The Labute approximate surface area is 168 Å². The third kappa shape index (κ3) is 5.15. The van der Waals surface area contributed by atoms with Crippen LogP contribution in [0.15, 0.2) is 61.1 Å². The molecule has 1 amide bonds. The molecule has 0 unspecified atom stereocenters. The fraction of sp³-hybridized carbons (Fsp3) is 0.182. The number of hydrogen-bond donors (Lipinski definition) is 2. The average molecular weight is 388 g/mol. The minimum Gasteiger partial charge on any atom is -0.438 e. The van der Waals surface area contributed by atoms with Gasteiger partial charge < -0.3 is 15.2 Å². The van der Waals surface area contributed by atoms with E-state index in [2.05, 4.69) is 15.3 Å². The molecule has 2 N–H and O–H groups in total. The zero-order valence-corrected chi connectivity index (χ0v) is 16.1. The number of carbonyl (C=O) groups excluding carboxylic acids is 1. The van der Waals surface area contributed by atoms with Gasteiger partial charge in [-0.2, -0.15) is 5.26 Å². The maximum atomic E-state index is 12.6. The quantitative estimate of drug-likeness (QED) is 0.671. The highest BCUT2D eigenvalue weighted by Crippen LogP contribution is 2.23. The van der Waals surface area contributed by atoms with Crippen molar-refractivity contribution in [3.63, 3.8) is 0 Å². The van der Waals surface area contributed by atoms with E-state index < -0.39 is 5.60 Å². The summed E-state index contributed by atoms with van der Waals surface area (Å²) < 4.78 is 5.69. The predicted molar refractivity (Wildman–Crippen MR) is 106 cm³/mol. The molecule has 0 bridgehead atoms. The SMILES string of the molecule is CC(C)(O)c1ccc(CNC(=O)c2cncnc2Oc2cccc(C#N)c2)cc1. The lowest BCUT2D eigenvalue weighted by Gasteiger charge is -2.18.